The summed E-state index contributed by atoms with van der Waals surface area (Å²) in [5.41, 5.74) is 1.80. The Morgan fingerprint density at radius 2 is 1.74 bits per heavy atom. The fourth-order valence-corrected chi connectivity index (χ4v) is 3.81. The Morgan fingerprint density at radius 3 is 2.33 bits per heavy atom. The smallest absolute Gasteiger partial charge is 0.330 e. The van der Waals surface area contributed by atoms with Gasteiger partial charge in [0, 0.05) is 0 Å². The molecular formula is C22H26N2O3. The zero-order chi connectivity index (χ0) is 19.4. The van der Waals surface area contributed by atoms with Gasteiger partial charge in [-0.25, -0.2) is 4.79 Å². The fraction of sp³-hybridized carbons (Fsp3) is 0.364. The topological polar surface area (TPSA) is 69.6 Å². The molecule has 2 aromatic carbocycles. The summed E-state index contributed by atoms with van der Waals surface area (Å²) < 4.78 is 0. The Bertz CT molecular complexity index is 811. The van der Waals surface area contributed by atoms with Gasteiger partial charge < -0.3 is 15.3 Å². The van der Waals surface area contributed by atoms with E-state index in [0.717, 1.165) is 24.2 Å². The van der Waals surface area contributed by atoms with Gasteiger partial charge in [0.15, 0.2) is 6.04 Å². The molecule has 0 bridgehead atoms. The van der Waals surface area contributed by atoms with Crippen molar-refractivity contribution in [3.8, 4) is 0 Å². The quantitative estimate of drug-likeness (QED) is 0.854. The largest absolute Gasteiger partial charge is 0.479 e. The van der Waals surface area contributed by atoms with E-state index in [1.165, 1.54) is 0 Å². The third-order valence-corrected chi connectivity index (χ3v) is 5.50. The van der Waals surface area contributed by atoms with Crippen LogP contribution in [0.4, 0.5) is 0 Å². The number of likely N-dealkylation sites (tertiary alicyclic amines) is 1. The van der Waals surface area contributed by atoms with E-state index < -0.39 is 17.4 Å². The molecule has 5 heteroatoms. The number of rotatable bonds is 5. The summed E-state index contributed by atoms with van der Waals surface area (Å²) in [7, 11) is 2.04. The third kappa shape index (κ3) is 4.03. The first-order valence-electron chi connectivity index (χ1n) is 9.27. The maximum Gasteiger partial charge on any atom is 0.330 e. The lowest BCUT2D eigenvalue weighted by molar-refractivity contribution is -0.143. The summed E-state index contributed by atoms with van der Waals surface area (Å²) in [5, 5.41) is 12.6. The van der Waals surface area contributed by atoms with Crippen LogP contribution in [0, 0.1) is 6.92 Å². The number of piperidine rings is 1. The lowest BCUT2D eigenvalue weighted by Gasteiger charge is -2.40. The predicted molar refractivity (Wildman–Crippen MR) is 105 cm³/mol. The molecule has 1 heterocycles. The number of carboxylic acids is 1. The molecule has 2 aromatic rings. The molecule has 1 saturated heterocycles. The monoisotopic (exact) mass is 366 g/mol. The van der Waals surface area contributed by atoms with E-state index in [1.54, 1.807) is 6.07 Å². The molecule has 1 atom stereocenters. The van der Waals surface area contributed by atoms with Gasteiger partial charge in [0.1, 0.15) is 0 Å². The van der Waals surface area contributed by atoms with Crippen LogP contribution >= 0.6 is 0 Å². The molecule has 0 aromatic heterocycles. The molecule has 1 amide bonds. The Morgan fingerprint density at radius 1 is 1.07 bits per heavy atom. The number of carboxylic acid groups (broad SMARTS) is 1. The first kappa shape index (κ1) is 19.1. The van der Waals surface area contributed by atoms with Crippen molar-refractivity contribution < 1.29 is 14.7 Å². The molecule has 0 radical (unpaired) electrons. The van der Waals surface area contributed by atoms with E-state index in [2.05, 4.69) is 10.2 Å². The summed E-state index contributed by atoms with van der Waals surface area (Å²) in [6, 6.07) is 15.9. The minimum absolute atomic E-state index is 0.212. The second-order valence-corrected chi connectivity index (χ2v) is 7.41. The second-order valence-electron chi connectivity index (χ2n) is 7.41. The van der Waals surface area contributed by atoms with Crippen molar-refractivity contribution in [2.75, 3.05) is 20.1 Å². The van der Waals surface area contributed by atoms with Crippen LogP contribution in [-0.2, 0) is 15.0 Å². The van der Waals surface area contributed by atoms with Gasteiger partial charge in [0.2, 0.25) is 5.91 Å². The number of nitrogens with zero attached hydrogens (tertiary/aromatic N) is 1. The van der Waals surface area contributed by atoms with Gasteiger partial charge >= 0.3 is 5.97 Å². The normalized spacial score (nSPS) is 17.9. The van der Waals surface area contributed by atoms with Gasteiger partial charge in [0.05, 0.1) is 5.41 Å². The number of aryl methyl sites for hydroxylation is 1. The zero-order valence-corrected chi connectivity index (χ0v) is 15.8. The molecule has 1 aliphatic rings. The molecule has 3 rings (SSSR count). The lowest BCUT2D eigenvalue weighted by atomic mass is 9.72. The number of carbonyl (C=O) groups excluding carboxylic acids is 1. The van der Waals surface area contributed by atoms with E-state index in [4.69, 9.17) is 0 Å². The average Bonchev–Trinajstić information content (AvgIpc) is 2.67. The van der Waals surface area contributed by atoms with Crippen LogP contribution < -0.4 is 5.32 Å². The number of nitrogens with one attached hydrogen (secondary N) is 1. The molecule has 5 nitrogen and oxygen atoms in total. The molecule has 0 spiro atoms. The van der Waals surface area contributed by atoms with Crippen molar-refractivity contribution in [1.29, 1.82) is 0 Å². The summed E-state index contributed by atoms with van der Waals surface area (Å²) in [6.45, 7) is 3.50. The Labute approximate surface area is 160 Å². The molecule has 1 fully saturated rings. The highest BCUT2D eigenvalue weighted by Gasteiger charge is 2.43. The second kappa shape index (κ2) is 7.92. The number of hydrogen-bond acceptors (Lipinski definition) is 3. The first-order chi connectivity index (χ1) is 12.9. The standard InChI is InChI=1S/C22H26N2O3/c1-16-7-6-8-17(15-16)19(20(25)26)23-21(27)22(11-13-24(2)14-12-22)18-9-4-3-5-10-18/h3-10,15,19H,11-14H2,1-2H3,(H,23,27)(H,25,26)/t19-/m0/s1. The average molecular weight is 366 g/mol. The van der Waals surface area contributed by atoms with E-state index in [-0.39, 0.29) is 5.91 Å². The highest BCUT2D eigenvalue weighted by Crippen LogP contribution is 2.36. The molecule has 0 saturated carbocycles. The Kier molecular flexibility index (Phi) is 5.61. The Hall–Kier alpha value is -2.66. The van der Waals surface area contributed by atoms with Crippen LogP contribution in [0.15, 0.2) is 54.6 Å². The van der Waals surface area contributed by atoms with Crippen molar-refractivity contribution in [3.63, 3.8) is 0 Å². The number of hydrogen-bond donors (Lipinski definition) is 2. The van der Waals surface area contributed by atoms with E-state index >= 15 is 0 Å². The maximum absolute atomic E-state index is 13.4. The van der Waals surface area contributed by atoms with Crippen LogP contribution in [0.1, 0.15) is 35.6 Å². The van der Waals surface area contributed by atoms with E-state index in [0.29, 0.717) is 18.4 Å². The van der Waals surface area contributed by atoms with Crippen LogP contribution in [0.2, 0.25) is 0 Å². The van der Waals surface area contributed by atoms with Crippen LogP contribution in [0.5, 0.6) is 0 Å². The Balaban J connectivity index is 1.93. The van der Waals surface area contributed by atoms with Gasteiger partial charge in [-0.3, -0.25) is 4.79 Å². The van der Waals surface area contributed by atoms with E-state index in [1.807, 2.05) is 62.5 Å². The minimum Gasteiger partial charge on any atom is -0.479 e. The zero-order valence-electron chi connectivity index (χ0n) is 15.8. The number of aliphatic carboxylic acids is 1. The molecule has 27 heavy (non-hydrogen) atoms. The summed E-state index contributed by atoms with van der Waals surface area (Å²) in [6.07, 6.45) is 1.33. The molecule has 2 N–H and O–H groups in total. The van der Waals surface area contributed by atoms with Gasteiger partial charge in [0.25, 0.3) is 0 Å². The van der Waals surface area contributed by atoms with Gasteiger partial charge in [-0.05, 0) is 51.0 Å². The van der Waals surface area contributed by atoms with E-state index in [9.17, 15) is 14.7 Å². The predicted octanol–water partition coefficient (Wildman–Crippen LogP) is 2.90. The van der Waals surface area contributed by atoms with Gasteiger partial charge in [-0.1, -0.05) is 60.2 Å². The minimum atomic E-state index is -1.06. The van der Waals surface area contributed by atoms with Gasteiger partial charge in [-0.15, -0.1) is 0 Å². The van der Waals surface area contributed by atoms with Crippen molar-refractivity contribution in [2.45, 2.75) is 31.2 Å². The molecule has 0 unspecified atom stereocenters. The van der Waals surface area contributed by atoms with Crippen LogP contribution in [0.25, 0.3) is 0 Å². The van der Waals surface area contributed by atoms with Crippen molar-refractivity contribution in [2.24, 2.45) is 0 Å². The summed E-state index contributed by atoms with van der Waals surface area (Å²) in [4.78, 5) is 27.5. The highest BCUT2D eigenvalue weighted by atomic mass is 16.4. The van der Waals surface area contributed by atoms with Crippen LogP contribution in [0.3, 0.4) is 0 Å². The first-order valence-corrected chi connectivity index (χ1v) is 9.27. The number of carbonyl (C=O) groups is 2. The maximum atomic E-state index is 13.4. The SMILES string of the molecule is Cc1cccc([C@H](NC(=O)C2(c3ccccc3)CCN(C)CC2)C(=O)O)c1. The van der Waals surface area contributed by atoms with Crippen molar-refractivity contribution in [1.82, 2.24) is 10.2 Å². The highest BCUT2D eigenvalue weighted by molar-refractivity contribution is 5.92. The third-order valence-electron chi connectivity index (χ3n) is 5.50. The summed E-state index contributed by atoms with van der Waals surface area (Å²) >= 11 is 0. The van der Waals surface area contributed by atoms with Gasteiger partial charge in [-0.2, -0.15) is 0 Å². The number of benzene rings is 2. The molecule has 1 aliphatic heterocycles. The summed E-state index contributed by atoms with van der Waals surface area (Å²) in [5.74, 6) is -1.26. The number of amides is 1. The molecule has 0 aliphatic carbocycles. The lowest BCUT2D eigenvalue weighted by Crippen LogP contribution is -2.52. The van der Waals surface area contributed by atoms with Crippen LogP contribution in [-0.4, -0.2) is 42.0 Å². The molecule has 142 valence electrons. The fourth-order valence-electron chi connectivity index (χ4n) is 3.81. The van der Waals surface area contributed by atoms with Crippen molar-refractivity contribution in [3.05, 3.63) is 71.3 Å². The van der Waals surface area contributed by atoms with Crippen molar-refractivity contribution >= 4 is 11.9 Å². The molecular weight excluding hydrogens is 340 g/mol.